The summed E-state index contributed by atoms with van der Waals surface area (Å²) in [7, 11) is 1.82. The van der Waals surface area contributed by atoms with Gasteiger partial charge < -0.3 is 4.90 Å². The molecule has 2 aromatic heterocycles. The van der Waals surface area contributed by atoms with Gasteiger partial charge in [-0.25, -0.2) is 4.98 Å². The predicted molar refractivity (Wildman–Crippen MR) is 77.7 cm³/mol. The normalized spacial score (nSPS) is 14.1. The van der Waals surface area contributed by atoms with Crippen LogP contribution in [0.3, 0.4) is 0 Å². The minimum Gasteiger partial charge on any atom is -0.315 e. The third-order valence-electron chi connectivity index (χ3n) is 3.85. The van der Waals surface area contributed by atoms with Gasteiger partial charge in [-0.3, -0.25) is 9.20 Å². The Labute approximate surface area is 116 Å². The van der Waals surface area contributed by atoms with Crippen LogP contribution in [-0.4, -0.2) is 22.3 Å². The van der Waals surface area contributed by atoms with Gasteiger partial charge in [-0.1, -0.05) is 6.07 Å². The number of benzene rings is 1. The molecule has 98 valence electrons. The lowest BCUT2D eigenvalue weighted by Gasteiger charge is -2.10. The van der Waals surface area contributed by atoms with E-state index in [0.29, 0.717) is 6.42 Å². The standard InChI is InChI=1S/C16H13N3O/c1-18-14-6-5-11(8-12(14)9-15(18)20)16-17-10-13-4-2-3-7-19(13)16/h2-8,10H,9H2,1H3. The number of aromatic nitrogens is 2. The molecule has 0 aliphatic carbocycles. The van der Waals surface area contributed by atoms with Crippen molar-refractivity contribution in [3.05, 3.63) is 54.4 Å². The highest BCUT2D eigenvalue weighted by molar-refractivity contribution is 6.01. The molecule has 3 aromatic rings. The van der Waals surface area contributed by atoms with Crippen molar-refractivity contribution in [2.24, 2.45) is 0 Å². The summed E-state index contributed by atoms with van der Waals surface area (Å²) in [5.74, 6) is 1.05. The van der Waals surface area contributed by atoms with Crippen LogP contribution in [0, 0.1) is 0 Å². The second-order valence-corrected chi connectivity index (χ2v) is 5.05. The average Bonchev–Trinajstić information content (AvgIpc) is 3.01. The first kappa shape index (κ1) is 11.2. The van der Waals surface area contributed by atoms with E-state index in [1.54, 1.807) is 4.90 Å². The zero-order valence-electron chi connectivity index (χ0n) is 11.1. The first-order chi connectivity index (χ1) is 9.74. The fraction of sp³-hybridized carbons (Fsp3) is 0.125. The number of carbonyl (C=O) groups is 1. The topological polar surface area (TPSA) is 37.6 Å². The molecule has 4 heteroatoms. The molecular formula is C16H13N3O. The Morgan fingerprint density at radius 2 is 2.10 bits per heavy atom. The van der Waals surface area contributed by atoms with Gasteiger partial charge in [-0.05, 0) is 35.9 Å². The Hall–Kier alpha value is -2.62. The third-order valence-corrected chi connectivity index (χ3v) is 3.85. The number of rotatable bonds is 1. The maximum absolute atomic E-state index is 11.7. The molecule has 4 nitrogen and oxygen atoms in total. The summed E-state index contributed by atoms with van der Waals surface area (Å²) in [4.78, 5) is 18.0. The molecule has 4 rings (SSSR count). The van der Waals surface area contributed by atoms with E-state index >= 15 is 0 Å². The maximum Gasteiger partial charge on any atom is 0.231 e. The number of fused-ring (bicyclic) bond motifs is 2. The van der Waals surface area contributed by atoms with E-state index < -0.39 is 0 Å². The van der Waals surface area contributed by atoms with E-state index in [0.717, 1.165) is 28.2 Å². The molecule has 20 heavy (non-hydrogen) atoms. The number of amides is 1. The van der Waals surface area contributed by atoms with Crippen molar-refractivity contribution in [3.8, 4) is 11.4 Å². The number of carbonyl (C=O) groups excluding carboxylic acids is 1. The average molecular weight is 263 g/mol. The van der Waals surface area contributed by atoms with E-state index in [4.69, 9.17) is 0 Å². The van der Waals surface area contributed by atoms with Gasteiger partial charge in [0.15, 0.2) is 0 Å². The molecule has 1 amide bonds. The highest BCUT2D eigenvalue weighted by Gasteiger charge is 2.24. The molecule has 0 saturated carbocycles. The smallest absolute Gasteiger partial charge is 0.231 e. The number of nitrogens with zero attached hydrogens (tertiary/aromatic N) is 3. The molecule has 1 aromatic carbocycles. The van der Waals surface area contributed by atoms with Crippen LogP contribution in [0.25, 0.3) is 16.9 Å². The van der Waals surface area contributed by atoms with Gasteiger partial charge >= 0.3 is 0 Å². The quantitative estimate of drug-likeness (QED) is 0.676. The van der Waals surface area contributed by atoms with E-state index in [-0.39, 0.29) is 5.91 Å². The van der Waals surface area contributed by atoms with Crippen molar-refractivity contribution >= 4 is 17.1 Å². The van der Waals surface area contributed by atoms with E-state index in [1.807, 2.05) is 49.8 Å². The van der Waals surface area contributed by atoms with Crippen molar-refractivity contribution in [2.75, 3.05) is 11.9 Å². The van der Waals surface area contributed by atoms with Crippen LogP contribution in [0.4, 0.5) is 5.69 Å². The molecule has 0 bridgehead atoms. The molecule has 0 saturated heterocycles. The number of imidazole rings is 1. The van der Waals surface area contributed by atoms with Gasteiger partial charge in [0.05, 0.1) is 18.1 Å². The van der Waals surface area contributed by atoms with Gasteiger partial charge in [-0.15, -0.1) is 0 Å². The van der Waals surface area contributed by atoms with E-state index in [2.05, 4.69) is 15.5 Å². The lowest BCUT2D eigenvalue weighted by atomic mass is 10.1. The maximum atomic E-state index is 11.7. The third kappa shape index (κ3) is 1.48. The molecule has 0 fully saturated rings. The van der Waals surface area contributed by atoms with Crippen LogP contribution in [-0.2, 0) is 11.2 Å². The monoisotopic (exact) mass is 263 g/mol. The lowest BCUT2D eigenvalue weighted by molar-refractivity contribution is -0.117. The lowest BCUT2D eigenvalue weighted by Crippen LogP contribution is -2.20. The molecule has 0 unspecified atom stereocenters. The van der Waals surface area contributed by atoms with E-state index in [1.165, 1.54) is 0 Å². The summed E-state index contributed by atoms with van der Waals surface area (Å²) in [6.07, 6.45) is 4.34. The summed E-state index contributed by atoms with van der Waals surface area (Å²) < 4.78 is 2.06. The Bertz CT molecular complexity index is 835. The molecular weight excluding hydrogens is 250 g/mol. The summed E-state index contributed by atoms with van der Waals surface area (Å²) in [5.41, 5.74) is 4.18. The zero-order chi connectivity index (χ0) is 13.7. The van der Waals surface area contributed by atoms with Crippen LogP contribution in [0.1, 0.15) is 5.56 Å². The SMILES string of the molecule is CN1C(=O)Cc2cc(-c3ncc4ccccn34)ccc21. The second kappa shape index (κ2) is 3.93. The summed E-state index contributed by atoms with van der Waals surface area (Å²) >= 11 is 0. The molecule has 0 atom stereocenters. The number of likely N-dealkylation sites (N-methyl/N-ethyl adjacent to an activating group) is 1. The second-order valence-electron chi connectivity index (χ2n) is 5.05. The minimum absolute atomic E-state index is 0.144. The van der Waals surface area contributed by atoms with Crippen molar-refractivity contribution in [1.82, 2.24) is 9.38 Å². The Morgan fingerprint density at radius 1 is 1.20 bits per heavy atom. The molecule has 0 radical (unpaired) electrons. The first-order valence-corrected chi connectivity index (χ1v) is 6.56. The summed E-state index contributed by atoms with van der Waals surface area (Å²) in [6.45, 7) is 0. The zero-order valence-corrected chi connectivity index (χ0v) is 11.1. The predicted octanol–water partition coefficient (Wildman–Crippen LogP) is 2.52. The van der Waals surface area contributed by atoms with Crippen LogP contribution in [0.2, 0.25) is 0 Å². The van der Waals surface area contributed by atoms with Crippen LogP contribution >= 0.6 is 0 Å². The highest BCUT2D eigenvalue weighted by Crippen LogP contribution is 2.31. The van der Waals surface area contributed by atoms with Gasteiger partial charge in [0, 0.05) is 24.5 Å². The van der Waals surface area contributed by atoms with Gasteiger partial charge in [-0.2, -0.15) is 0 Å². The number of hydrogen-bond acceptors (Lipinski definition) is 2. The number of pyridine rings is 1. The van der Waals surface area contributed by atoms with Crippen molar-refractivity contribution < 1.29 is 4.79 Å². The number of hydrogen-bond donors (Lipinski definition) is 0. The van der Waals surface area contributed by atoms with Gasteiger partial charge in [0.25, 0.3) is 0 Å². The van der Waals surface area contributed by atoms with Crippen molar-refractivity contribution in [1.29, 1.82) is 0 Å². The van der Waals surface area contributed by atoms with Gasteiger partial charge in [0.2, 0.25) is 5.91 Å². The largest absolute Gasteiger partial charge is 0.315 e. The molecule has 0 spiro atoms. The fourth-order valence-electron chi connectivity index (χ4n) is 2.77. The fourth-order valence-corrected chi connectivity index (χ4v) is 2.77. The molecule has 1 aliphatic rings. The Kier molecular flexibility index (Phi) is 2.21. The Morgan fingerprint density at radius 3 is 3.00 bits per heavy atom. The first-order valence-electron chi connectivity index (χ1n) is 6.56. The van der Waals surface area contributed by atoms with Crippen LogP contribution in [0.15, 0.2) is 48.8 Å². The number of anilines is 1. The highest BCUT2D eigenvalue weighted by atomic mass is 16.2. The molecule has 1 aliphatic heterocycles. The minimum atomic E-state index is 0.144. The van der Waals surface area contributed by atoms with Crippen molar-refractivity contribution in [2.45, 2.75) is 6.42 Å². The van der Waals surface area contributed by atoms with Crippen LogP contribution in [0.5, 0.6) is 0 Å². The van der Waals surface area contributed by atoms with Gasteiger partial charge in [0.1, 0.15) is 5.82 Å². The Balaban J connectivity index is 1.88. The molecule has 3 heterocycles. The van der Waals surface area contributed by atoms with Crippen molar-refractivity contribution in [3.63, 3.8) is 0 Å². The van der Waals surface area contributed by atoms with Crippen LogP contribution < -0.4 is 4.90 Å². The summed E-state index contributed by atoms with van der Waals surface area (Å²) in [5, 5.41) is 0. The molecule has 0 N–H and O–H groups in total. The summed E-state index contributed by atoms with van der Waals surface area (Å²) in [6, 6.07) is 12.1. The van der Waals surface area contributed by atoms with E-state index in [9.17, 15) is 4.79 Å².